The summed E-state index contributed by atoms with van der Waals surface area (Å²) < 4.78 is 0. The maximum atomic E-state index is 3.19. The van der Waals surface area contributed by atoms with Gasteiger partial charge in [-0.2, -0.15) is 0 Å². The van der Waals surface area contributed by atoms with E-state index in [0.717, 1.165) is 11.1 Å². The Bertz CT molecular complexity index is 709. The van der Waals surface area contributed by atoms with Crippen molar-refractivity contribution in [3.63, 3.8) is 0 Å². The van der Waals surface area contributed by atoms with Gasteiger partial charge in [0.15, 0.2) is 0 Å². The van der Waals surface area contributed by atoms with Crippen molar-refractivity contribution in [1.29, 1.82) is 0 Å². The van der Waals surface area contributed by atoms with Crippen LogP contribution in [0.2, 0.25) is 0 Å². The van der Waals surface area contributed by atoms with Crippen LogP contribution in [0.3, 0.4) is 0 Å². The molecule has 2 aromatic rings. The van der Waals surface area contributed by atoms with Gasteiger partial charge in [0.2, 0.25) is 0 Å². The molecule has 0 amide bonds. The summed E-state index contributed by atoms with van der Waals surface area (Å²) in [4.78, 5) is 6.37. The Morgan fingerprint density at radius 1 is 0.619 bits per heavy atom. The third kappa shape index (κ3) is 4.54. The summed E-state index contributed by atoms with van der Waals surface area (Å²) in [6, 6.07) is 12.6. The normalized spacial score (nSPS) is 9.33. The molecule has 21 heavy (non-hydrogen) atoms. The zero-order valence-corrected chi connectivity index (χ0v) is 14.6. The van der Waals surface area contributed by atoms with Crippen LogP contribution in [0.5, 0.6) is 0 Å². The van der Waals surface area contributed by atoms with Crippen LogP contribution in [-0.4, -0.2) is 15.0 Å². The van der Waals surface area contributed by atoms with E-state index in [2.05, 4.69) is 85.6 Å². The zero-order valence-electron chi connectivity index (χ0n) is 12.9. The van der Waals surface area contributed by atoms with E-state index in [1.54, 1.807) is 0 Å². The molecular weight excluding hydrogens is 319 g/mol. The molecule has 0 aromatic heterocycles. The first kappa shape index (κ1) is 15.5. The van der Waals surface area contributed by atoms with E-state index in [0.29, 0.717) is 0 Å². The quantitative estimate of drug-likeness (QED) is 0.505. The van der Waals surface area contributed by atoms with Crippen molar-refractivity contribution in [2.45, 2.75) is 27.7 Å². The molecule has 0 spiro atoms. The molecule has 0 aliphatic rings. The van der Waals surface area contributed by atoms with Gasteiger partial charge in [0.25, 0.3) is 0 Å². The predicted octanol–water partition coefficient (Wildman–Crippen LogP) is 3.94. The van der Waals surface area contributed by atoms with Crippen molar-refractivity contribution in [2.24, 2.45) is 0 Å². The maximum absolute atomic E-state index is 3.19. The molecule has 104 valence electrons. The van der Waals surface area contributed by atoms with Gasteiger partial charge in [0, 0.05) is 0 Å². The second-order valence-electron chi connectivity index (χ2n) is 5.15. The third-order valence-electron chi connectivity index (χ3n) is 3.51. The number of aryl methyl sites for hydroxylation is 4. The molecule has 0 fully saturated rings. The summed E-state index contributed by atoms with van der Waals surface area (Å²) in [7, 11) is 0. The number of hydrogen-bond donors (Lipinski definition) is 0. The van der Waals surface area contributed by atoms with Crippen LogP contribution in [0.25, 0.3) is 0 Å². The van der Waals surface area contributed by atoms with Crippen LogP contribution >= 0.6 is 0 Å². The van der Waals surface area contributed by atoms with Gasteiger partial charge < -0.3 is 0 Å². The van der Waals surface area contributed by atoms with E-state index < -0.39 is 0 Å². The van der Waals surface area contributed by atoms with Crippen LogP contribution in [0.1, 0.15) is 33.4 Å². The molecule has 0 saturated heterocycles. The number of hydrogen-bond acceptors (Lipinski definition) is 0. The monoisotopic (exact) mass is 338 g/mol. The molecule has 0 atom stereocenters. The Labute approximate surface area is 134 Å². The van der Waals surface area contributed by atoms with Gasteiger partial charge in [-0.1, -0.05) is 0 Å². The fraction of sp³-hybridized carbons (Fsp3) is 0.200. The Morgan fingerprint density at radius 3 is 1.43 bits per heavy atom. The van der Waals surface area contributed by atoms with Crippen molar-refractivity contribution < 1.29 is 0 Å². The topological polar surface area (TPSA) is 0 Å². The Morgan fingerprint density at radius 2 is 1.05 bits per heavy atom. The predicted molar refractivity (Wildman–Crippen MR) is 91.3 cm³/mol. The van der Waals surface area contributed by atoms with Crippen LogP contribution in [-0.2, 0) is 0 Å². The fourth-order valence-corrected chi connectivity index (χ4v) is 2.65. The molecule has 0 nitrogen and oxygen atoms in total. The van der Waals surface area contributed by atoms with E-state index >= 15 is 0 Å². The van der Waals surface area contributed by atoms with Crippen molar-refractivity contribution in [3.05, 3.63) is 69.8 Å². The number of benzene rings is 2. The standard InChI is InChI=1S/C20H18Se/c1-15-5-7-19(13-17(15)3)9-11-21-12-10-20-8-6-16(2)18(4)14-20/h5-8,13-14H,1-4H3. The van der Waals surface area contributed by atoms with E-state index in [-0.39, 0.29) is 15.0 Å². The summed E-state index contributed by atoms with van der Waals surface area (Å²) in [6.45, 7) is 8.47. The van der Waals surface area contributed by atoms with Crippen molar-refractivity contribution in [1.82, 2.24) is 0 Å². The average molecular weight is 337 g/mol. The number of rotatable bonds is 0. The molecule has 0 saturated carbocycles. The summed E-state index contributed by atoms with van der Waals surface area (Å²) >= 11 is 0.0393. The van der Waals surface area contributed by atoms with Gasteiger partial charge in [-0.25, -0.2) is 0 Å². The first-order chi connectivity index (χ1) is 10.1. The SMILES string of the molecule is Cc1ccc(C#C[Se]C#Cc2ccc(C)c(C)c2)cc1C. The van der Waals surface area contributed by atoms with E-state index in [9.17, 15) is 0 Å². The first-order valence-electron chi connectivity index (χ1n) is 6.88. The Hall–Kier alpha value is -1.92. The molecule has 1 heteroatoms. The van der Waals surface area contributed by atoms with Crippen molar-refractivity contribution in [2.75, 3.05) is 0 Å². The summed E-state index contributed by atoms with van der Waals surface area (Å²) in [5.74, 6) is 6.39. The van der Waals surface area contributed by atoms with Gasteiger partial charge in [0.05, 0.1) is 0 Å². The summed E-state index contributed by atoms with van der Waals surface area (Å²) in [6.07, 6.45) is 0. The van der Waals surface area contributed by atoms with Crippen molar-refractivity contribution >= 4 is 15.0 Å². The zero-order chi connectivity index (χ0) is 15.2. The summed E-state index contributed by atoms with van der Waals surface area (Å²) in [5.41, 5.74) is 7.34. The van der Waals surface area contributed by atoms with Gasteiger partial charge in [0.1, 0.15) is 0 Å². The third-order valence-corrected chi connectivity index (χ3v) is 4.36. The average Bonchev–Trinajstić information content (AvgIpc) is 2.46. The van der Waals surface area contributed by atoms with Gasteiger partial charge in [-0.3, -0.25) is 0 Å². The second-order valence-corrected chi connectivity index (χ2v) is 6.44. The molecule has 2 rings (SSSR count). The molecule has 0 aliphatic carbocycles. The van der Waals surface area contributed by atoms with Gasteiger partial charge in [-0.15, -0.1) is 0 Å². The van der Waals surface area contributed by atoms with E-state index in [1.165, 1.54) is 22.3 Å². The molecule has 2 aromatic carbocycles. The molecule has 0 N–H and O–H groups in total. The van der Waals surface area contributed by atoms with Crippen LogP contribution in [0.4, 0.5) is 0 Å². The summed E-state index contributed by atoms with van der Waals surface area (Å²) in [5, 5.41) is 0. The fourth-order valence-electron chi connectivity index (χ4n) is 1.83. The van der Waals surface area contributed by atoms with Crippen LogP contribution < -0.4 is 0 Å². The molecule has 0 aliphatic heterocycles. The van der Waals surface area contributed by atoms with E-state index in [4.69, 9.17) is 0 Å². The Balaban J connectivity index is 2.02. The minimum absolute atomic E-state index is 0.0393. The van der Waals surface area contributed by atoms with Crippen molar-refractivity contribution in [3.8, 4) is 21.5 Å². The molecule has 0 heterocycles. The van der Waals surface area contributed by atoms with Crippen LogP contribution in [0, 0.1) is 49.2 Å². The molecule has 0 unspecified atom stereocenters. The second kappa shape index (κ2) is 7.19. The van der Waals surface area contributed by atoms with E-state index in [1.807, 2.05) is 0 Å². The molecule has 0 bridgehead atoms. The Kier molecular flexibility index (Phi) is 5.30. The van der Waals surface area contributed by atoms with Gasteiger partial charge >= 0.3 is 134 Å². The molecule has 0 radical (unpaired) electrons. The molecular formula is C20H18Se. The van der Waals surface area contributed by atoms with Gasteiger partial charge in [-0.05, 0) is 0 Å². The van der Waals surface area contributed by atoms with Crippen LogP contribution in [0.15, 0.2) is 36.4 Å². The minimum atomic E-state index is 0.0393. The first-order valence-corrected chi connectivity index (χ1v) is 8.60.